The number of terminal acetylenes is 1. The van der Waals surface area contributed by atoms with E-state index in [9.17, 15) is 4.79 Å². The smallest absolute Gasteiger partial charge is 0.335 e. The highest BCUT2D eigenvalue weighted by Gasteiger charge is 2.20. The van der Waals surface area contributed by atoms with Crippen LogP contribution in [0, 0.1) is 12.3 Å². The fraction of sp³-hybridized carbons (Fsp3) is 0.211. The summed E-state index contributed by atoms with van der Waals surface area (Å²) in [6, 6.07) is 17.4. The molecule has 2 aromatic carbocycles. The highest BCUT2D eigenvalue weighted by Crippen LogP contribution is 2.30. The summed E-state index contributed by atoms with van der Waals surface area (Å²) >= 11 is 0. The summed E-state index contributed by atoms with van der Waals surface area (Å²) in [6.45, 7) is 0.666. The Morgan fingerprint density at radius 2 is 1.86 bits per heavy atom. The lowest BCUT2D eigenvalue weighted by atomic mass is 10.1. The van der Waals surface area contributed by atoms with Crippen molar-refractivity contribution in [1.82, 2.24) is 5.32 Å². The van der Waals surface area contributed by atoms with Gasteiger partial charge in [-0.05, 0) is 36.1 Å². The summed E-state index contributed by atoms with van der Waals surface area (Å²) in [5.41, 5.74) is 3.23. The van der Waals surface area contributed by atoms with Crippen LogP contribution in [0.3, 0.4) is 0 Å². The van der Waals surface area contributed by atoms with Crippen LogP contribution >= 0.6 is 0 Å². The van der Waals surface area contributed by atoms with Crippen LogP contribution in [0.5, 0.6) is 0 Å². The summed E-state index contributed by atoms with van der Waals surface area (Å²) in [4.78, 5) is 10.2. The lowest BCUT2D eigenvalue weighted by Gasteiger charge is -2.10. The number of carboxylic acid groups (broad SMARTS) is 1. The van der Waals surface area contributed by atoms with E-state index >= 15 is 0 Å². The van der Waals surface area contributed by atoms with Gasteiger partial charge in [-0.1, -0.05) is 48.4 Å². The molecule has 0 spiro atoms. The van der Waals surface area contributed by atoms with Crippen LogP contribution in [-0.4, -0.2) is 17.6 Å². The van der Waals surface area contributed by atoms with E-state index in [0.29, 0.717) is 18.2 Å². The van der Waals surface area contributed by atoms with E-state index in [1.54, 1.807) is 30.3 Å². The third-order valence-electron chi connectivity index (χ3n) is 3.60. The van der Waals surface area contributed by atoms with Gasteiger partial charge in [0, 0.05) is 6.04 Å². The maximum atomic E-state index is 10.2. The molecule has 0 amide bonds. The van der Waals surface area contributed by atoms with Crippen LogP contribution in [0.2, 0.25) is 0 Å². The molecule has 0 radical (unpaired) electrons. The molecule has 0 saturated heterocycles. The predicted molar refractivity (Wildman–Crippen MR) is 87.7 cm³/mol. The van der Waals surface area contributed by atoms with Gasteiger partial charge in [0.2, 0.25) is 0 Å². The third kappa shape index (κ3) is 4.21. The third-order valence-corrected chi connectivity index (χ3v) is 3.60. The van der Waals surface area contributed by atoms with Gasteiger partial charge in [0.15, 0.2) is 0 Å². The molecular formula is C19H19NO2. The van der Waals surface area contributed by atoms with Crippen molar-refractivity contribution in [1.29, 1.82) is 0 Å². The number of carboxylic acids is 1. The zero-order valence-electron chi connectivity index (χ0n) is 12.3. The Morgan fingerprint density at radius 3 is 2.50 bits per heavy atom. The van der Waals surface area contributed by atoms with Crippen LogP contribution in [-0.2, 0) is 6.42 Å². The Labute approximate surface area is 131 Å². The maximum absolute atomic E-state index is 10.2. The molecular weight excluding hydrogens is 274 g/mol. The average Bonchev–Trinajstić information content (AvgIpc) is 2.97. The van der Waals surface area contributed by atoms with Gasteiger partial charge in [-0.15, -0.1) is 6.42 Å². The molecule has 0 saturated carbocycles. The average molecular weight is 293 g/mol. The van der Waals surface area contributed by atoms with Gasteiger partial charge in [0.25, 0.3) is 0 Å². The first-order chi connectivity index (χ1) is 10.7. The Hall–Kier alpha value is -2.57. The normalized spacial score (nSPS) is 15.1. The number of rotatable bonds is 3. The van der Waals surface area contributed by atoms with Gasteiger partial charge in [-0.3, -0.25) is 5.32 Å². The largest absolute Gasteiger partial charge is 0.478 e. The second-order valence-corrected chi connectivity index (χ2v) is 5.05. The molecule has 1 aliphatic carbocycles. The fourth-order valence-electron chi connectivity index (χ4n) is 2.53. The summed E-state index contributed by atoms with van der Waals surface area (Å²) in [5.74, 6) is 1.74. The van der Waals surface area contributed by atoms with E-state index in [1.165, 1.54) is 24.0 Å². The Bertz CT molecular complexity index is 659. The molecule has 3 nitrogen and oxygen atoms in total. The first-order valence-electron chi connectivity index (χ1n) is 7.25. The van der Waals surface area contributed by atoms with Crippen LogP contribution < -0.4 is 5.32 Å². The van der Waals surface area contributed by atoms with Crippen molar-refractivity contribution in [3.05, 3.63) is 71.3 Å². The van der Waals surface area contributed by atoms with Crippen molar-refractivity contribution in [2.24, 2.45) is 0 Å². The topological polar surface area (TPSA) is 49.3 Å². The van der Waals surface area contributed by atoms with Gasteiger partial charge in [-0.2, -0.15) is 0 Å². The van der Waals surface area contributed by atoms with Gasteiger partial charge >= 0.3 is 5.97 Å². The second kappa shape index (κ2) is 8.02. The van der Waals surface area contributed by atoms with E-state index in [4.69, 9.17) is 11.5 Å². The van der Waals surface area contributed by atoms with Crippen molar-refractivity contribution < 1.29 is 9.90 Å². The Morgan fingerprint density at radius 1 is 1.18 bits per heavy atom. The van der Waals surface area contributed by atoms with Crippen molar-refractivity contribution in [2.75, 3.05) is 6.54 Å². The number of nitrogens with one attached hydrogen (secondary N) is 1. The number of fused-ring (bicyclic) bond motifs is 1. The van der Waals surface area contributed by atoms with Crippen molar-refractivity contribution in [3.63, 3.8) is 0 Å². The van der Waals surface area contributed by atoms with Gasteiger partial charge in [0.05, 0.1) is 12.1 Å². The number of carbonyl (C=O) groups is 1. The minimum Gasteiger partial charge on any atom is -0.478 e. The van der Waals surface area contributed by atoms with E-state index in [-0.39, 0.29) is 0 Å². The molecule has 2 aromatic rings. The fourth-order valence-corrected chi connectivity index (χ4v) is 2.53. The summed E-state index contributed by atoms with van der Waals surface area (Å²) < 4.78 is 0. The SMILES string of the molecule is C#CCN[C@H]1CCc2ccccc21.O=C(O)c1ccccc1. The maximum Gasteiger partial charge on any atom is 0.335 e. The second-order valence-electron chi connectivity index (χ2n) is 5.05. The first kappa shape index (κ1) is 15.8. The van der Waals surface area contributed by atoms with E-state index in [2.05, 4.69) is 35.5 Å². The molecule has 0 aromatic heterocycles. The van der Waals surface area contributed by atoms with Crippen LogP contribution in [0.4, 0.5) is 0 Å². The number of hydrogen-bond acceptors (Lipinski definition) is 2. The van der Waals surface area contributed by atoms with E-state index in [1.807, 2.05) is 0 Å². The highest BCUT2D eigenvalue weighted by atomic mass is 16.4. The molecule has 1 aliphatic rings. The number of aromatic carboxylic acids is 1. The van der Waals surface area contributed by atoms with E-state index < -0.39 is 5.97 Å². The summed E-state index contributed by atoms with van der Waals surface area (Å²) in [6.07, 6.45) is 7.57. The zero-order chi connectivity index (χ0) is 15.8. The molecule has 2 N–H and O–H groups in total. The van der Waals surface area contributed by atoms with Gasteiger partial charge < -0.3 is 5.11 Å². The molecule has 0 unspecified atom stereocenters. The highest BCUT2D eigenvalue weighted by molar-refractivity contribution is 5.87. The molecule has 3 heteroatoms. The van der Waals surface area contributed by atoms with Crippen molar-refractivity contribution in [3.8, 4) is 12.3 Å². The Kier molecular flexibility index (Phi) is 5.76. The number of aryl methyl sites for hydroxylation is 1. The minimum absolute atomic E-state index is 0.331. The summed E-state index contributed by atoms with van der Waals surface area (Å²) in [7, 11) is 0. The molecule has 0 heterocycles. The lowest BCUT2D eigenvalue weighted by molar-refractivity contribution is 0.0697. The quantitative estimate of drug-likeness (QED) is 0.854. The lowest BCUT2D eigenvalue weighted by Crippen LogP contribution is -2.19. The molecule has 0 bridgehead atoms. The monoisotopic (exact) mass is 293 g/mol. The van der Waals surface area contributed by atoms with Gasteiger partial charge in [-0.25, -0.2) is 4.79 Å². The van der Waals surface area contributed by atoms with Gasteiger partial charge in [0.1, 0.15) is 0 Å². The first-order valence-corrected chi connectivity index (χ1v) is 7.25. The van der Waals surface area contributed by atoms with Crippen LogP contribution in [0.25, 0.3) is 0 Å². The molecule has 22 heavy (non-hydrogen) atoms. The standard InChI is InChI=1S/C12H13N.C7H6O2/c1-2-9-13-12-8-7-10-5-3-4-6-11(10)12;8-7(9)6-4-2-1-3-5-6/h1,3-6,12-13H,7-9H2;1-5H,(H,8,9)/t12-;/m0./s1. The summed E-state index contributed by atoms with van der Waals surface area (Å²) in [5, 5.41) is 11.7. The van der Waals surface area contributed by atoms with Crippen molar-refractivity contribution in [2.45, 2.75) is 18.9 Å². The predicted octanol–water partition coefficient (Wildman–Crippen LogP) is 3.28. The molecule has 1 atom stereocenters. The van der Waals surface area contributed by atoms with E-state index in [0.717, 1.165) is 0 Å². The van der Waals surface area contributed by atoms with Crippen molar-refractivity contribution >= 4 is 5.97 Å². The zero-order valence-corrected chi connectivity index (χ0v) is 12.3. The molecule has 112 valence electrons. The number of benzene rings is 2. The minimum atomic E-state index is -0.879. The molecule has 3 rings (SSSR count). The van der Waals surface area contributed by atoms with Crippen LogP contribution in [0.15, 0.2) is 54.6 Å². The molecule has 0 aliphatic heterocycles. The number of hydrogen-bond donors (Lipinski definition) is 2. The Balaban J connectivity index is 0.000000172. The van der Waals surface area contributed by atoms with Crippen LogP contribution in [0.1, 0.15) is 33.9 Å². The molecule has 0 fully saturated rings.